The number of para-hydroxylation sites is 1. The molecule has 0 aliphatic heterocycles. The largest absolute Gasteiger partial charge is 0.493 e. The highest BCUT2D eigenvalue weighted by atomic mass is 35.5. The Labute approximate surface area is 142 Å². The van der Waals surface area contributed by atoms with Gasteiger partial charge in [-0.1, -0.05) is 23.7 Å². The quantitative estimate of drug-likeness (QED) is 0.814. The number of methoxy groups -OCH3 is 1. The van der Waals surface area contributed by atoms with Crippen molar-refractivity contribution in [3.63, 3.8) is 0 Å². The van der Waals surface area contributed by atoms with Crippen LogP contribution >= 0.6 is 11.6 Å². The molecule has 1 amide bonds. The number of carbonyl (C=O) groups excluding carboxylic acids is 1. The number of ether oxygens (including phenoxy) is 3. The first kappa shape index (κ1) is 17.8. The van der Waals surface area contributed by atoms with Crippen LogP contribution in [0.2, 0.25) is 5.02 Å². The lowest BCUT2D eigenvalue weighted by atomic mass is 10.2. The van der Waals surface area contributed by atoms with Gasteiger partial charge in [0.25, 0.3) is 5.91 Å². The van der Waals surface area contributed by atoms with Crippen molar-refractivity contribution in [1.82, 2.24) is 0 Å². The Morgan fingerprint density at radius 1 is 1.17 bits per heavy atom. The first-order chi connectivity index (χ1) is 11.5. The lowest BCUT2D eigenvalue weighted by molar-refractivity contribution is -0.118. The summed E-state index contributed by atoms with van der Waals surface area (Å²) in [5.41, 5.74) is 0.263. The molecule has 0 bridgehead atoms. The van der Waals surface area contributed by atoms with Crippen molar-refractivity contribution in [3.05, 3.63) is 47.5 Å². The molecule has 0 aromatic heterocycles. The standard InChI is InChI=1S/C16H14ClF2NO4/c1-22-13-7-6-10(8-14(13)24-16(18)19)20-15(21)9-23-12-5-3-2-4-11(12)17/h2-8,16H,9H2,1H3,(H,20,21). The third-order valence-corrected chi connectivity index (χ3v) is 3.17. The number of hydrogen-bond donors (Lipinski definition) is 1. The van der Waals surface area contributed by atoms with Crippen LogP contribution in [0.3, 0.4) is 0 Å². The maximum Gasteiger partial charge on any atom is 0.387 e. The molecule has 0 radical (unpaired) electrons. The zero-order valence-electron chi connectivity index (χ0n) is 12.6. The second kappa shape index (κ2) is 8.35. The number of hydrogen-bond acceptors (Lipinski definition) is 4. The van der Waals surface area contributed by atoms with Gasteiger partial charge in [-0.15, -0.1) is 0 Å². The minimum Gasteiger partial charge on any atom is -0.493 e. The van der Waals surface area contributed by atoms with Crippen molar-refractivity contribution in [2.75, 3.05) is 19.0 Å². The lowest BCUT2D eigenvalue weighted by Gasteiger charge is -2.12. The molecule has 2 rings (SSSR count). The number of rotatable bonds is 7. The van der Waals surface area contributed by atoms with E-state index in [0.717, 1.165) is 0 Å². The number of amides is 1. The van der Waals surface area contributed by atoms with Crippen molar-refractivity contribution in [1.29, 1.82) is 0 Å². The Morgan fingerprint density at radius 3 is 2.58 bits per heavy atom. The SMILES string of the molecule is COc1ccc(NC(=O)COc2ccccc2Cl)cc1OC(F)F. The molecule has 2 aromatic carbocycles. The van der Waals surface area contributed by atoms with Crippen molar-refractivity contribution >= 4 is 23.2 Å². The molecular formula is C16H14ClF2NO4. The van der Waals surface area contributed by atoms with Gasteiger partial charge in [-0.3, -0.25) is 4.79 Å². The number of carbonyl (C=O) groups is 1. The summed E-state index contributed by atoms with van der Waals surface area (Å²) in [4.78, 5) is 11.9. The number of halogens is 3. The highest BCUT2D eigenvalue weighted by molar-refractivity contribution is 6.32. The molecule has 128 valence electrons. The van der Waals surface area contributed by atoms with E-state index in [0.29, 0.717) is 10.8 Å². The fourth-order valence-electron chi connectivity index (χ4n) is 1.84. The highest BCUT2D eigenvalue weighted by Crippen LogP contribution is 2.31. The van der Waals surface area contributed by atoms with E-state index < -0.39 is 12.5 Å². The predicted molar refractivity (Wildman–Crippen MR) is 85.2 cm³/mol. The second-order valence-corrected chi connectivity index (χ2v) is 4.92. The van der Waals surface area contributed by atoms with Crippen LogP contribution < -0.4 is 19.5 Å². The molecular weight excluding hydrogens is 344 g/mol. The molecule has 0 spiro atoms. The van der Waals surface area contributed by atoms with Crippen LogP contribution in [0.4, 0.5) is 14.5 Å². The van der Waals surface area contributed by atoms with Gasteiger partial charge in [-0.2, -0.15) is 8.78 Å². The van der Waals surface area contributed by atoms with Gasteiger partial charge in [0.15, 0.2) is 18.1 Å². The molecule has 0 saturated heterocycles. The van der Waals surface area contributed by atoms with Crippen molar-refractivity contribution in [3.8, 4) is 17.2 Å². The molecule has 0 heterocycles. The molecule has 2 aromatic rings. The summed E-state index contributed by atoms with van der Waals surface area (Å²) in [5.74, 6) is -0.174. The number of benzene rings is 2. The molecule has 8 heteroatoms. The monoisotopic (exact) mass is 357 g/mol. The molecule has 1 N–H and O–H groups in total. The van der Waals surface area contributed by atoms with Crippen LogP contribution in [0.1, 0.15) is 0 Å². The molecule has 0 atom stereocenters. The van der Waals surface area contributed by atoms with E-state index >= 15 is 0 Å². The molecule has 5 nitrogen and oxygen atoms in total. The van der Waals surface area contributed by atoms with E-state index in [-0.39, 0.29) is 23.8 Å². The maximum absolute atomic E-state index is 12.4. The summed E-state index contributed by atoms with van der Waals surface area (Å²) >= 11 is 5.91. The van der Waals surface area contributed by atoms with Crippen LogP contribution in [0.15, 0.2) is 42.5 Å². The summed E-state index contributed by atoms with van der Waals surface area (Å²) in [5, 5.41) is 2.89. The Hall–Kier alpha value is -2.54. The van der Waals surface area contributed by atoms with Crippen molar-refractivity contribution in [2.24, 2.45) is 0 Å². The summed E-state index contributed by atoms with van der Waals surface area (Å²) in [6, 6.07) is 10.8. The average molecular weight is 358 g/mol. The summed E-state index contributed by atoms with van der Waals surface area (Å²) < 4.78 is 39.3. The van der Waals surface area contributed by atoms with Crippen LogP contribution in [0.5, 0.6) is 17.2 Å². The average Bonchev–Trinajstić information content (AvgIpc) is 2.54. The molecule has 0 fully saturated rings. The van der Waals surface area contributed by atoms with Gasteiger partial charge in [-0.05, 0) is 24.3 Å². The summed E-state index contributed by atoms with van der Waals surface area (Å²) in [6.07, 6.45) is 0. The zero-order chi connectivity index (χ0) is 17.5. The van der Waals surface area contributed by atoms with Gasteiger partial charge in [0, 0.05) is 11.8 Å². The van der Waals surface area contributed by atoms with Crippen LogP contribution in [0, 0.1) is 0 Å². The highest BCUT2D eigenvalue weighted by Gasteiger charge is 2.13. The van der Waals surface area contributed by atoms with Gasteiger partial charge in [0.1, 0.15) is 5.75 Å². The molecule has 0 saturated carbocycles. The van der Waals surface area contributed by atoms with E-state index in [4.69, 9.17) is 21.1 Å². The number of alkyl halides is 2. The number of anilines is 1. The molecule has 0 unspecified atom stereocenters. The maximum atomic E-state index is 12.4. The fourth-order valence-corrected chi connectivity index (χ4v) is 2.03. The fraction of sp³-hybridized carbons (Fsp3) is 0.188. The minimum absolute atomic E-state index is 0.126. The minimum atomic E-state index is -3.01. The van der Waals surface area contributed by atoms with Crippen LogP contribution in [-0.2, 0) is 4.79 Å². The lowest BCUT2D eigenvalue weighted by Crippen LogP contribution is -2.20. The number of nitrogens with one attached hydrogen (secondary N) is 1. The van der Waals surface area contributed by atoms with E-state index in [9.17, 15) is 13.6 Å². The smallest absolute Gasteiger partial charge is 0.387 e. The second-order valence-electron chi connectivity index (χ2n) is 4.51. The molecule has 0 aliphatic carbocycles. The van der Waals surface area contributed by atoms with Crippen molar-refractivity contribution in [2.45, 2.75) is 6.61 Å². The third kappa shape index (κ3) is 4.99. The summed E-state index contributed by atoms with van der Waals surface area (Å²) in [6.45, 7) is -3.30. The normalized spacial score (nSPS) is 10.4. The first-order valence-electron chi connectivity index (χ1n) is 6.79. The van der Waals surface area contributed by atoms with Gasteiger partial charge in [0.2, 0.25) is 0 Å². The Morgan fingerprint density at radius 2 is 1.92 bits per heavy atom. The Bertz CT molecular complexity index is 712. The first-order valence-corrected chi connectivity index (χ1v) is 7.17. The summed E-state index contributed by atoms with van der Waals surface area (Å²) in [7, 11) is 1.32. The predicted octanol–water partition coefficient (Wildman–Crippen LogP) is 3.97. The molecule has 24 heavy (non-hydrogen) atoms. The Balaban J connectivity index is 1.99. The van der Waals surface area contributed by atoms with Crippen LogP contribution in [-0.4, -0.2) is 26.2 Å². The topological polar surface area (TPSA) is 56.8 Å². The van der Waals surface area contributed by atoms with E-state index in [1.165, 1.54) is 25.3 Å². The van der Waals surface area contributed by atoms with Gasteiger partial charge in [0.05, 0.1) is 12.1 Å². The van der Waals surface area contributed by atoms with Gasteiger partial charge >= 0.3 is 6.61 Å². The zero-order valence-corrected chi connectivity index (χ0v) is 13.3. The van der Waals surface area contributed by atoms with Crippen LogP contribution in [0.25, 0.3) is 0 Å². The van der Waals surface area contributed by atoms with E-state index in [2.05, 4.69) is 10.1 Å². The van der Waals surface area contributed by atoms with Gasteiger partial charge in [-0.25, -0.2) is 0 Å². The van der Waals surface area contributed by atoms with Gasteiger partial charge < -0.3 is 19.5 Å². The molecule has 0 aliphatic rings. The third-order valence-electron chi connectivity index (χ3n) is 2.86. The Kier molecular flexibility index (Phi) is 6.20. The van der Waals surface area contributed by atoms with E-state index in [1.807, 2.05) is 0 Å². The van der Waals surface area contributed by atoms with Crippen molar-refractivity contribution < 1.29 is 27.8 Å². The van der Waals surface area contributed by atoms with E-state index in [1.54, 1.807) is 24.3 Å².